The van der Waals surface area contributed by atoms with E-state index in [1.165, 1.54) is 17.0 Å². The molecule has 3 rings (SSSR count). The molecule has 1 fully saturated rings. The van der Waals surface area contributed by atoms with E-state index in [4.69, 9.17) is 14.5 Å². The van der Waals surface area contributed by atoms with Crippen molar-refractivity contribution >= 4 is 0 Å². The van der Waals surface area contributed by atoms with Crippen molar-refractivity contribution in [3.8, 4) is 5.82 Å². The zero-order valence-corrected chi connectivity index (χ0v) is 14.8. The number of aryl methyl sites for hydroxylation is 3. The van der Waals surface area contributed by atoms with E-state index >= 15 is 0 Å². The number of ether oxygens (including phenoxy) is 2. The third-order valence-corrected chi connectivity index (χ3v) is 4.55. The molecule has 128 valence electrons. The molecule has 0 aromatic carbocycles. The van der Waals surface area contributed by atoms with Gasteiger partial charge in [-0.3, -0.25) is 0 Å². The Morgan fingerprint density at radius 3 is 2.71 bits per heavy atom. The van der Waals surface area contributed by atoms with Crippen LogP contribution in [-0.4, -0.2) is 35.5 Å². The molecular formula is C20H26N2O2. The minimum atomic E-state index is 0.129. The first-order chi connectivity index (χ1) is 11.6. The van der Waals surface area contributed by atoms with E-state index in [1.54, 1.807) is 6.08 Å². The molecule has 0 radical (unpaired) electrons. The minimum Gasteiger partial charge on any atom is -0.378 e. The number of hydrogen-bond donors (Lipinski definition) is 0. The lowest BCUT2D eigenvalue weighted by molar-refractivity contribution is 0.0434. The quantitative estimate of drug-likeness (QED) is 0.762. The van der Waals surface area contributed by atoms with Gasteiger partial charge in [0.1, 0.15) is 5.82 Å². The van der Waals surface area contributed by atoms with Gasteiger partial charge in [0.2, 0.25) is 0 Å². The van der Waals surface area contributed by atoms with E-state index in [0.29, 0.717) is 19.1 Å². The smallest absolute Gasteiger partial charge is 0.137 e. The molecule has 0 N–H and O–H groups in total. The molecule has 3 heterocycles. The minimum absolute atomic E-state index is 0.129. The molecule has 24 heavy (non-hydrogen) atoms. The summed E-state index contributed by atoms with van der Waals surface area (Å²) in [7, 11) is 0. The largest absolute Gasteiger partial charge is 0.378 e. The van der Waals surface area contributed by atoms with E-state index in [2.05, 4.69) is 56.2 Å². The monoisotopic (exact) mass is 326 g/mol. The fourth-order valence-corrected chi connectivity index (χ4v) is 3.38. The lowest BCUT2D eigenvalue weighted by Crippen LogP contribution is -2.24. The molecule has 1 aliphatic rings. The molecule has 1 saturated heterocycles. The van der Waals surface area contributed by atoms with E-state index < -0.39 is 0 Å². The average molecular weight is 326 g/mol. The fourth-order valence-electron chi connectivity index (χ4n) is 3.38. The highest BCUT2D eigenvalue weighted by atomic mass is 16.5. The Labute approximate surface area is 144 Å². The maximum atomic E-state index is 5.83. The third kappa shape index (κ3) is 3.60. The molecule has 0 amide bonds. The molecule has 0 unspecified atom stereocenters. The van der Waals surface area contributed by atoms with Crippen LogP contribution in [0.3, 0.4) is 0 Å². The molecule has 4 nitrogen and oxygen atoms in total. The van der Waals surface area contributed by atoms with Gasteiger partial charge in [0.25, 0.3) is 0 Å². The Morgan fingerprint density at radius 1 is 1.25 bits per heavy atom. The number of nitrogens with zero attached hydrogens (tertiary/aromatic N) is 2. The molecule has 0 bridgehead atoms. The van der Waals surface area contributed by atoms with E-state index in [0.717, 1.165) is 24.5 Å². The summed E-state index contributed by atoms with van der Waals surface area (Å²) in [6, 6.07) is 8.56. The summed E-state index contributed by atoms with van der Waals surface area (Å²) < 4.78 is 13.7. The van der Waals surface area contributed by atoms with Gasteiger partial charge in [0.15, 0.2) is 0 Å². The van der Waals surface area contributed by atoms with Gasteiger partial charge in [0, 0.05) is 23.0 Å². The summed E-state index contributed by atoms with van der Waals surface area (Å²) in [5.74, 6) is 1.34. The van der Waals surface area contributed by atoms with Crippen LogP contribution in [0, 0.1) is 26.7 Å². The number of pyridine rings is 1. The van der Waals surface area contributed by atoms with Gasteiger partial charge in [-0.2, -0.15) is 0 Å². The van der Waals surface area contributed by atoms with Crippen LogP contribution in [0.4, 0.5) is 0 Å². The molecule has 2 atom stereocenters. The second kappa shape index (κ2) is 7.32. The summed E-state index contributed by atoms with van der Waals surface area (Å²) in [5.41, 5.74) is 4.73. The van der Waals surface area contributed by atoms with E-state index in [9.17, 15) is 0 Å². The molecular weight excluding hydrogens is 300 g/mol. The highest BCUT2D eigenvalue weighted by Crippen LogP contribution is 2.23. The summed E-state index contributed by atoms with van der Waals surface area (Å²) in [6.45, 7) is 12.0. The Bertz CT molecular complexity index is 701. The molecule has 2 aromatic heterocycles. The normalized spacial score (nSPS) is 20.5. The second-order valence-electron chi connectivity index (χ2n) is 6.61. The van der Waals surface area contributed by atoms with Crippen LogP contribution < -0.4 is 0 Å². The fraction of sp³-hybridized carbons (Fsp3) is 0.450. The van der Waals surface area contributed by atoms with Crippen molar-refractivity contribution in [2.24, 2.45) is 5.92 Å². The molecule has 0 spiro atoms. The first-order valence-electron chi connectivity index (χ1n) is 8.51. The van der Waals surface area contributed by atoms with Gasteiger partial charge in [0.05, 0.1) is 25.9 Å². The molecule has 0 aliphatic carbocycles. The zero-order valence-electron chi connectivity index (χ0n) is 14.8. The van der Waals surface area contributed by atoms with Crippen LogP contribution in [0.15, 0.2) is 36.9 Å². The first-order valence-corrected chi connectivity index (χ1v) is 8.51. The maximum Gasteiger partial charge on any atom is 0.137 e. The summed E-state index contributed by atoms with van der Waals surface area (Å²) in [5, 5.41) is 0. The van der Waals surface area contributed by atoms with Crippen LogP contribution in [0.5, 0.6) is 0 Å². The Morgan fingerprint density at radius 2 is 2.00 bits per heavy atom. The lowest BCUT2D eigenvalue weighted by Gasteiger charge is -2.18. The predicted molar refractivity (Wildman–Crippen MR) is 95.7 cm³/mol. The van der Waals surface area contributed by atoms with Crippen LogP contribution >= 0.6 is 0 Å². The Kier molecular flexibility index (Phi) is 5.17. The Balaban J connectivity index is 1.83. The molecule has 2 aromatic rings. The highest BCUT2D eigenvalue weighted by molar-refractivity contribution is 5.35. The van der Waals surface area contributed by atoms with Crippen molar-refractivity contribution in [1.29, 1.82) is 0 Å². The lowest BCUT2D eigenvalue weighted by atomic mass is 9.99. The van der Waals surface area contributed by atoms with Crippen molar-refractivity contribution in [3.05, 3.63) is 59.6 Å². The molecule has 1 aliphatic heterocycles. The number of rotatable bonds is 6. The number of hydrogen-bond acceptors (Lipinski definition) is 3. The Hall–Kier alpha value is -1.91. The number of aromatic nitrogens is 2. The predicted octanol–water partition coefficient (Wildman–Crippen LogP) is 3.56. The van der Waals surface area contributed by atoms with Gasteiger partial charge >= 0.3 is 0 Å². The van der Waals surface area contributed by atoms with Crippen LogP contribution in [0.2, 0.25) is 0 Å². The van der Waals surface area contributed by atoms with E-state index in [1.807, 2.05) is 0 Å². The van der Waals surface area contributed by atoms with Gasteiger partial charge in [-0.05, 0) is 57.0 Å². The maximum absolute atomic E-state index is 5.83. The average Bonchev–Trinajstić information content (AvgIpc) is 3.11. The SMILES string of the molecule is C=CCO[C@H]1COC[C@H]1Cc1cc(C)cc(-n2c(C)ccc2C)n1. The van der Waals surface area contributed by atoms with Crippen LogP contribution in [0.1, 0.15) is 22.6 Å². The zero-order chi connectivity index (χ0) is 17.1. The second-order valence-corrected chi connectivity index (χ2v) is 6.61. The van der Waals surface area contributed by atoms with Crippen molar-refractivity contribution < 1.29 is 9.47 Å². The van der Waals surface area contributed by atoms with Gasteiger partial charge in [-0.1, -0.05) is 6.08 Å². The summed E-state index contributed by atoms with van der Waals surface area (Å²) in [6.07, 6.45) is 2.79. The van der Waals surface area contributed by atoms with Gasteiger partial charge in [-0.25, -0.2) is 4.98 Å². The molecule has 0 saturated carbocycles. The third-order valence-electron chi connectivity index (χ3n) is 4.55. The van der Waals surface area contributed by atoms with Crippen molar-refractivity contribution in [2.75, 3.05) is 19.8 Å². The standard InChI is InChI=1S/C20H26N2O2/c1-5-8-24-19-13-23-12-17(19)11-18-9-14(2)10-20(21-18)22-15(3)6-7-16(22)4/h5-7,9-10,17,19H,1,8,11-13H2,2-4H3/t17-,19+/m1/s1. The molecule has 4 heteroatoms. The van der Waals surface area contributed by atoms with Crippen LogP contribution in [-0.2, 0) is 15.9 Å². The van der Waals surface area contributed by atoms with E-state index in [-0.39, 0.29) is 6.10 Å². The summed E-state index contributed by atoms with van der Waals surface area (Å²) in [4.78, 5) is 4.91. The van der Waals surface area contributed by atoms with Crippen molar-refractivity contribution in [1.82, 2.24) is 9.55 Å². The van der Waals surface area contributed by atoms with Crippen molar-refractivity contribution in [2.45, 2.75) is 33.3 Å². The van der Waals surface area contributed by atoms with Crippen LogP contribution in [0.25, 0.3) is 5.82 Å². The first kappa shape index (κ1) is 16.9. The van der Waals surface area contributed by atoms with Crippen molar-refractivity contribution in [3.63, 3.8) is 0 Å². The van der Waals surface area contributed by atoms with Gasteiger partial charge in [-0.15, -0.1) is 6.58 Å². The van der Waals surface area contributed by atoms with Gasteiger partial charge < -0.3 is 14.0 Å². The topological polar surface area (TPSA) is 36.3 Å². The highest BCUT2D eigenvalue weighted by Gasteiger charge is 2.29. The summed E-state index contributed by atoms with van der Waals surface area (Å²) >= 11 is 0.